The molecular formula is C45H44N4O3. The van der Waals surface area contributed by atoms with Gasteiger partial charge in [0.1, 0.15) is 0 Å². The van der Waals surface area contributed by atoms with Gasteiger partial charge < -0.3 is 10.0 Å². The van der Waals surface area contributed by atoms with Gasteiger partial charge in [0.15, 0.2) is 5.69 Å². The number of rotatable bonds is 8. The normalized spacial score (nSPS) is 23.4. The molecule has 4 aliphatic carbocycles. The van der Waals surface area contributed by atoms with Gasteiger partial charge in [-0.15, -0.1) is 0 Å². The number of aromatic carboxylic acids is 1. The molecule has 7 heteroatoms. The van der Waals surface area contributed by atoms with Crippen LogP contribution in [0.15, 0.2) is 121 Å². The lowest BCUT2D eigenvalue weighted by Crippen LogP contribution is -2.52. The van der Waals surface area contributed by atoms with Crippen molar-refractivity contribution in [2.75, 3.05) is 22.9 Å². The number of hydrogen-bond acceptors (Lipinski definition) is 4. The van der Waals surface area contributed by atoms with E-state index < -0.39 is 5.97 Å². The van der Waals surface area contributed by atoms with Crippen molar-refractivity contribution < 1.29 is 14.7 Å². The van der Waals surface area contributed by atoms with Crippen molar-refractivity contribution in [3.63, 3.8) is 0 Å². The Bertz CT molecular complexity index is 2050. The Morgan fingerprint density at radius 1 is 0.712 bits per heavy atom. The molecule has 2 heterocycles. The van der Waals surface area contributed by atoms with E-state index >= 15 is 4.79 Å². The molecule has 0 radical (unpaired) electrons. The van der Waals surface area contributed by atoms with E-state index in [1.165, 1.54) is 24.8 Å². The molecule has 1 saturated heterocycles. The van der Waals surface area contributed by atoms with Crippen molar-refractivity contribution in [1.29, 1.82) is 0 Å². The van der Waals surface area contributed by atoms with Crippen molar-refractivity contribution in [2.24, 2.45) is 17.8 Å². The highest BCUT2D eigenvalue weighted by Gasteiger charge is 2.52. The van der Waals surface area contributed by atoms with Crippen molar-refractivity contribution >= 4 is 35.0 Å². The number of carbonyl (C=O) groups excluding carboxylic acids is 1. The van der Waals surface area contributed by atoms with Crippen LogP contribution in [0.25, 0.3) is 17.2 Å². The molecule has 10 rings (SSSR count). The smallest absolute Gasteiger partial charge is 0.335 e. The van der Waals surface area contributed by atoms with Gasteiger partial charge in [-0.2, -0.15) is 5.10 Å². The molecule has 1 N–H and O–H groups in total. The molecule has 262 valence electrons. The molecule has 7 nitrogen and oxygen atoms in total. The summed E-state index contributed by atoms with van der Waals surface area (Å²) in [5.41, 5.74) is 7.82. The van der Waals surface area contributed by atoms with E-state index in [1.54, 1.807) is 12.1 Å². The van der Waals surface area contributed by atoms with Gasteiger partial charge in [-0.1, -0.05) is 72.3 Å². The van der Waals surface area contributed by atoms with Gasteiger partial charge in [0, 0.05) is 41.9 Å². The molecule has 52 heavy (non-hydrogen) atoms. The third kappa shape index (κ3) is 6.02. The quantitative estimate of drug-likeness (QED) is 0.176. The average molecular weight is 689 g/mol. The van der Waals surface area contributed by atoms with Crippen molar-refractivity contribution in [3.05, 3.63) is 138 Å². The van der Waals surface area contributed by atoms with E-state index in [0.717, 1.165) is 96.7 Å². The predicted molar refractivity (Wildman–Crippen MR) is 206 cm³/mol. The van der Waals surface area contributed by atoms with Crippen molar-refractivity contribution in [3.8, 4) is 11.1 Å². The molecule has 4 aromatic carbocycles. The molecule has 0 atom stereocenters. The van der Waals surface area contributed by atoms with Gasteiger partial charge in [0.05, 0.1) is 11.1 Å². The highest BCUT2D eigenvalue weighted by Crippen LogP contribution is 2.59. The third-order valence-corrected chi connectivity index (χ3v) is 12.1. The van der Waals surface area contributed by atoms with Crippen LogP contribution < -0.4 is 9.80 Å². The zero-order valence-electron chi connectivity index (χ0n) is 29.4. The number of carboxylic acids is 1. The first-order chi connectivity index (χ1) is 25.4. The molecule has 4 bridgehead atoms. The van der Waals surface area contributed by atoms with Crippen LogP contribution in [-0.4, -0.2) is 39.9 Å². The lowest BCUT2D eigenvalue weighted by atomic mass is 9.53. The van der Waals surface area contributed by atoms with Crippen LogP contribution in [0.4, 0.5) is 17.1 Å². The van der Waals surface area contributed by atoms with Gasteiger partial charge in [0.2, 0.25) is 0 Å². The number of nitrogens with zero attached hydrogens (tertiary/aromatic N) is 4. The molecule has 5 aliphatic rings. The number of hydrogen-bond donors (Lipinski definition) is 1. The van der Waals surface area contributed by atoms with Gasteiger partial charge in [-0.05, 0) is 129 Å². The Labute approximate surface area is 305 Å². The van der Waals surface area contributed by atoms with Crippen LogP contribution in [0.5, 0.6) is 0 Å². The van der Waals surface area contributed by atoms with Crippen LogP contribution in [0.1, 0.15) is 77.8 Å². The molecule has 0 unspecified atom stereocenters. The molecule has 1 aliphatic heterocycles. The number of amides is 1. The van der Waals surface area contributed by atoms with Crippen LogP contribution in [0, 0.1) is 17.8 Å². The van der Waals surface area contributed by atoms with E-state index in [-0.39, 0.29) is 11.4 Å². The van der Waals surface area contributed by atoms with Gasteiger partial charge in [-0.3, -0.25) is 14.4 Å². The number of piperidine rings is 1. The van der Waals surface area contributed by atoms with Gasteiger partial charge in [0.25, 0.3) is 5.91 Å². The Hall–Kier alpha value is -5.43. The summed E-state index contributed by atoms with van der Waals surface area (Å²) in [6.45, 7) is 1.72. The minimum absolute atomic E-state index is 0.0325. The summed E-state index contributed by atoms with van der Waals surface area (Å²) < 4.78 is 2.24. The highest BCUT2D eigenvalue weighted by atomic mass is 16.4. The fourth-order valence-corrected chi connectivity index (χ4v) is 10.1. The zero-order valence-corrected chi connectivity index (χ0v) is 29.4. The zero-order chi connectivity index (χ0) is 35.2. The Morgan fingerprint density at radius 3 is 1.85 bits per heavy atom. The lowest BCUT2D eigenvalue weighted by Gasteiger charge is -2.56. The van der Waals surface area contributed by atoms with Crippen LogP contribution >= 0.6 is 0 Å². The van der Waals surface area contributed by atoms with Crippen molar-refractivity contribution in [2.45, 2.75) is 56.9 Å². The Balaban J connectivity index is 1.10. The van der Waals surface area contributed by atoms with E-state index in [2.05, 4.69) is 46.1 Å². The second kappa shape index (κ2) is 13.3. The molecule has 4 saturated carbocycles. The lowest BCUT2D eigenvalue weighted by molar-refractivity contribution is -0.0494. The average Bonchev–Trinajstić information content (AvgIpc) is 3.63. The maximum atomic E-state index is 15.1. The minimum Gasteiger partial charge on any atom is -0.478 e. The molecular weight excluding hydrogens is 645 g/mol. The number of carbonyl (C=O) groups is 2. The maximum absolute atomic E-state index is 15.1. The molecule has 1 amide bonds. The maximum Gasteiger partial charge on any atom is 0.335 e. The summed E-state index contributed by atoms with van der Waals surface area (Å²) >= 11 is 0. The fourth-order valence-electron chi connectivity index (χ4n) is 10.1. The molecule has 5 fully saturated rings. The molecule has 0 spiro atoms. The molecule has 5 aromatic rings. The first-order valence-electron chi connectivity index (χ1n) is 18.8. The third-order valence-electron chi connectivity index (χ3n) is 12.1. The van der Waals surface area contributed by atoms with Gasteiger partial charge in [-0.25, -0.2) is 4.79 Å². The number of carboxylic acid groups (broad SMARTS) is 1. The van der Waals surface area contributed by atoms with E-state index in [9.17, 15) is 9.90 Å². The summed E-state index contributed by atoms with van der Waals surface area (Å²) in [6, 6.07) is 35.5. The number of anilines is 3. The largest absolute Gasteiger partial charge is 0.478 e. The Kier molecular flexibility index (Phi) is 8.29. The molecule has 1 aromatic heterocycles. The number of para-hydroxylation sites is 2. The second-order valence-corrected chi connectivity index (χ2v) is 15.5. The van der Waals surface area contributed by atoms with Crippen molar-refractivity contribution in [1.82, 2.24) is 9.78 Å². The number of aromatic nitrogens is 2. The highest BCUT2D eigenvalue weighted by molar-refractivity contribution is 6.13. The van der Waals surface area contributed by atoms with Crippen LogP contribution in [0.3, 0.4) is 0 Å². The van der Waals surface area contributed by atoms with E-state index in [1.807, 2.05) is 77.7 Å². The van der Waals surface area contributed by atoms with E-state index in [4.69, 9.17) is 5.10 Å². The SMILES string of the molecule is O=C(O)c1ccc(N2CCC(=Cc3ccccc3-c3cn(C45CC6CC(CC(C6)C4)C5)nc3C(=O)N(c3ccccc3)c3ccccc3)CC2)cc1. The first-order valence-corrected chi connectivity index (χ1v) is 18.8. The first kappa shape index (κ1) is 32.5. The van der Waals surface area contributed by atoms with Gasteiger partial charge >= 0.3 is 5.97 Å². The summed E-state index contributed by atoms with van der Waals surface area (Å²) in [7, 11) is 0. The standard InChI is InChI=1S/C45H44N4O3/c50-43(49(38-10-3-1-4-11-38)39-12-5-2-6-13-39)42-41(30-48(46-42)45-27-32-23-33(28-45)25-34(24-32)29-45)40-14-8-7-9-36(40)26-31-19-21-47(22-20-31)37-17-15-35(16-18-37)44(51)52/h1-18,26,30,32-34H,19-25,27-29H2,(H,51,52). The summed E-state index contributed by atoms with van der Waals surface area (Å²) in [5, 5.41) is 14.7. The Morgan fingerprint density at radius 2 is 1.27 bits per heavy atom. The fraction of sp³-hybridized carbons (Fsp3) is 0.311. The second-order valence-electron chi connectivity index (χ2n) is 15.5. The van der Waals surface area contributed by atoms with Crippen LogP contribution in [0.2, 0.25) is 0 Å². The number of benzene rings is 4. The van der Waals surface area contributed by atoms with E-state index in [0.29, 0.717) is 11.3 Å². The summed E-state index contributed by atoms with van der Waals surface area (Å²) in [6.07, 6.45) is 13.8. The minimum atomic E-state index is -0.907. The monoisotopic (exact) mass is 688 g/mol. The summed E-state index contributed by atoms with van der Waals surface area (Å²) in [5.74, 6) is 1.22. The summed E-state index contributed by atoms with van der Waals surface area (Å²) in [4.78, 5) is 30.6. The predicted octanol–water partition coefficient (Wildman–Crippen LogP) is 9.84. The van der Waals surface area contributed by atoms with Crippen LogP contribution in [-0.2, 0) is 5.54 Å². The topological polar surface area (TPSA) is 78.7 Å².